The molecule has 0 amide bonds. The third kappa shape index (κ3) is 4.59. The fourth-order valence-corrected chi connectivity index (χ4v) is 2.99. The summed E-state index contributed by atoms with van der Waals surface area (Å²) in [5, 5.41) is 2.46. The van der Waals surface area contributed by atoms with Crippen LogP contribution in [-0.4, -0.2) is 36.1 Å². The average molecular weight is 316 g/mol. The Balaban J connectivity index is 0.00000180. The van der Waals surface area contributed by atoms with Gasteiger partial charge in [-0.2, -0.15) is 13.2 Å². The SMILES string of the molecule is CNC1CCCN(Cc2cnc(C(F)(F)F)s2)C1.Cl. The lowest BCUT2D eigenvalue weighted by Crippen LogP contribution is -2.43. The van der Waals surface area contributed by atoms with Crippen LogP contribution in [0.4, 0.5) is 13.2 Å². The highest BCUT2D eigenvalue weighted by atomic mass is 35.5. The maximum absolute atomic E-state index is 12.4. The molecule has 0 spiro atoms. The minimum Gasteiger partial charge on any atom is -0.316 e. The van der Waals surface area contributed by atoms with Crippen molar-refractivity contribution < 1.29 is 13.2 Å². The molecule has 2 heterocycles. The number of piperidine rings is 1. The van der Waals surface area contributed by atoms with Gasteiger partial charge in [-0.1, -0.05) is 0 Å². The van der Waals surface area contributed by atoms with Gasteiger partial charge in [0.2, 0.25) is 0 Å². The monoisotopic (exact) mass is 315 g/mol. The van der Waals surface area contributed by atoms with Crippen molar-refractivity contribution in [3.63, 3.8) is 0 Å². The highest BCUT2D eigenvalue weighted by molar-refractivity contribution is 7.11. The lowest BCUT2D eigenvalue weighted by atomic mass is 10.1. The Kier molecular flexibility index (Phi) is 6.04. The number of halogens is 4. The second-order valence-electron chi connectivity index (χ2n) is 4.49. The number of alkyl halides is 3. The minimum atomic E-state index is -4.32. The Morgan fingerprint density at radius 2 is 2.26 bits per heavy atom. The number of aromatic nitrogens is 1. The Morgan fingerprint density at radius 1 is 1.53 bits per heavy atom. The van der Waals surface area contributed by atoms with Gasteiger partial charge in [-0.05, 0) is 26.4 Å². The third-order valence-corrected chi connectivity index (χ3v) is 4.12. The second-order valence-corrected chi connectivity index (χ2v) is 5.61. The van der Waals surface area contributed by atoms with E-state index in [-0.39, 0.29) is 12.4 Å². The van der Waals surface area contributed by atoms with Crippen LogP contribution in [0.3, 0.4) is 0 Å². The Bertz CT molecular complexity index is 397. The first-order valence-electron chi connectivity index (χ1n) is 5.90. The van der Waals surface area contributed by atoms with E-state index < -0.39 is 11.2 Å². The minimum absolute atomic E-state index is 0. The molecule has 1 saturated heterocycles. The smallest absolute Gasteiger partial charge is 0.316 e. The number of rotatable bonds is 3. The number of likely N-dealkylation sites (tertiary alicyclic amines) is 1. The number of hydrogen-bond donors (Lipinski definition) is 1. The highest BCUT2D eigenvalue weighted by Gasteiger charge is 2.34. The molecular formula is C11H17ClF3N3S. The quantitative estimate of drug-likeness (QED) is 0.929. The fraction of sp³-hybridized carbons (Fsp3) is 0.727. The van der Waals surface area contributed by atoms with Crippen molar-refractivity contribution in [2.75, 3.05) is 20.1 Å². The van der Waals surface area contributed by atoms with Gasteiger partial charge in [0.15, 0.2) is 5.01 Å². The van der Waals surface area contributed by atoms with Crippen LogP contribution in [0.5, 0.6) is 0 Å². The van der Waals surface area contributed by atoms with Gasteiger partial charge in [-0.25, -0.2) is 4.98 Å². The van der Waals surface area contributed by atoms with Crippen LogP contribution in [0, 0.1) is 0 Å². The van der Waals surface area contributed by atoms with Crippen LogP contribution in [0.25, 0.3) is 0 Å². The number of thiazole rings is 1. The van der Waals surface area contributed by atoms with E-state index in [1.165, 1.54) is 6.20 Å². The first-order chi connectivity index (χ1) is 8.49. The summed E-state index contributed by atoms with van der Waals surface area (Å²) in [6.07, 6.45) is -0.769. The first kappa shape index (κ1) is 16.7. The molecule has 0 radical (unpaired) electrons. The van der Waals surface area contributed by atoms with Crippen molar-refractivity contribution in [3.05, 3.63) is 16.1 Å². The Labute approximate surface area is 120 Å². The Morgan fingerprint density at radius 3 is 2.84 bits per heavy atom. The first-order valence-corrected chi connectivity index (χ1v) is 6.72. The van der Waals surface area contributed by atoms with Crippen molar-refractivity contribution >= 4 is 23.7 Å². The number of likely N-dealkylation sites (N-methyl/N-ethyl adjacent to an activating group) is 1. The van der Waals surface area contributed by atoms with Crippen LogP contribution in [0.2, 0.25) is 0 Å². The molecule has 19 heavy (non-hydrogen) atoms. The summed E-state index contributed by atoms with van der Waals surface area (Å²) in [6, 6.07) is 0.439. The molecule has 0 bridgehead atoms. The zero-order valence-electron chi connectivity index (χ0n) is 10.5. The highest BCUT2D eigenvalue weighted by Crippen LogP contribution is 2.32. The van der Waals surface area contributed by atoms with Crippen LogP contribution in [0.15, 0.2) is 6.20 Å². The molecule has 1 unspecified atom stereocenters. The zero-order valence-corrected chi connectivity index (χ0v) is 12.2. The van der Waals surface area contributed by atoms with Crippen molar-refractivity contribution in [3.8, 4) is 0 Å². The summed E-state index contributed by atoms with van der Waals surface area (Å²) in [5.41, 5.74) is 0. The van der Waals surface area contributed by atoms with Gasteiger partial charge in [-0.3, -0.25) is 4.90 Å². The molecule has 1 aromatic rings. The van der Waals surface area contributed by atoms with Crippen LogP contribution in [-0.2, 0) is 12.7 Å². The van der Waals surface area contributed by atoms with Crippen molar-refractivity contribution in [2.45, 2.75) is 31.6 Å². The van der Waals surface area contributed by atoms with E-state index in [9.17, 15) is 13.2 Å². The van der Waals surface area contributed by atoms with Gasteiger partial charge < -0.3 is 5.32 Å². The van der Waals surface area contributed by atoms with E-state index in [0.717, 1.165) is 37.3 Å². The van der Waals surface area contributed by atoms with Gasteiger partial charge in [0.25, 0.3) is 0 Å². The Hall–Kier alpha value is -0.370. The molecule has 1 fully saturated rings. The molecule has 110 valence electrons. The molecule has 1 aliphatic heterocycles. The molecular weight excluding hydrogens is 299 g/mol. The van der Waals surface area contributed by atoms with Gasteiger partial charge in [0, 0.05) is 30.2 Å². The van der Waals surface area contributed by atoms with E-state index in [1.54, 1.807) is 0 Å². The zero-order chi connectivity index (χ0) is 13.2. The van der Waals surface area contributed by atoms with Crippen LogP contribution < -0.4 is 5.32 Å². The summed E-state index contributed by atoms with van der Waals surface area (Å²) in [5.74, 6) is 0. The predicted molar refractivity (Wildman–Crippen MR) is 71.7 cm³/mol. The van der Waals surface area contributed by atoms with Crippen LogP contribution in [0.1, 0.15) is 22.7 Å². The molecule has 0 aromatic carbocycles. The fourth-order valence-electron chi connectivity index (χ4n) is 2.17. The largest absolute Gasteiger partial charge is 0.443 e. The normalized spacial score (nSPS) is 21.2. The lowest BCUT2D eigenvalue weighted by molar-refractivity contribution is -0.137. The van der Waals surface area contributed by atoms with Gasteiger partial charge >= 0.3 is 6.18 Å². The van der Waals surface area contributed by atoms with E-state index in [1.807, 2.05) is 7.05 Å². The molecule has 1 aromatic heterocycles. The average Bonchev–Trinajstić information content (AvgIpc) is 2.77. The van der Waals surface area contributed by atoms with Crippen molar-refractivity contribution in [2.24, 2.45) is 0 Å². The summed E-state index contributed by atoms with van der Waals surface area (Å²) in [7, 11) is 1.92. The summed E-state index contributed by atoms with van der Waals surface area (Å²) >= 11 is 0.744. The van der Waals surface area contributed by atoms with Gasteiger partial charge in [0.1, 0.15) is 0 Å². The van der Waals surface area contributed by atoms with Gasteiger partial charge in [-0.15, -0.1) is 23.7 Å². The molecule has 1 aliphatic rings. The third-order valence-electron chi connectivity index (χ3n) is 3.09. The molecule has 0 aliphatic carbocycles. The van der Waals surface area contributed by atoms with E-state index in [0.29, 0.717) is 17.5 Å². The van der Waals surface area contributed by atoms with E-state index in [2.05, 4.69) is 15.2 Å². The summed E-state index contributed by atoms with van der Waals surface area (Å²) in [4.78, 5) is 6.30. The number of nitrogens with zero attached hydrogens (tertiary/aromatic N) is 2. The predicted octanol–water partition coefficient (Wildman–Crippen LogP) is 2.77. The maximum Gasteiger partial charge on any atom is 0.443 e. The molecule has 2 rings (SSSR count). The lowest BCUT2D eigenvalue weighted by Gasteiger charge is -2.32. The van der Waals surface area contributed by atoms with E-state index >= 15 is 0 Å². The standard InChI is InChI=1S/C11H16F3N3S.ClH/c1-15-8-3-2-4-17(6-8)7-9-5-16-10(18-9)11(12,13)14;/h5,8,15H,2-4,6-7H2,1H3;1H. The molecule has 3 nitrogen and oxygen atoms in total. The summed E-state index contributed by atoms with van der Waals surface area (Å²) in [6.45, 7) is 2.39. The molecule has 1 atom stereocenters. The molecule has 8 heteroatoms. The van der Waals surface area contributed by atoms with Crippen LogP contribution >= 0.6 is 23.7 Å². The van der Waals surface area contributed by atoms with Crippen molar-refractivity contribution in [1.29, 1.82) is 0 Å². The molecule has 1 N–H and O–H groups in total. The topological polar surface area (TPSA) is 28.2 Å². The van der Waals surface area contributed by atoms with E-state index in [4.69, 9.17) is 0 Å². The number of nitrogens with one attached hydrogen (secondary N) is 1. The second kappa shape index (κ2) is 6.88. The number of hydrogen-bond acceptors (Lipinski definition) is 4. The van der Waals surface area contributed by atoms with Gasteiger partial charge in [0.05, 0.1) is 0 Å². The van der Waals surface area contributed by atoms with Crippen molar-refractivity contribution in [1.82, 2.24) is 15.2 Å². The summed E-state index contributed by atoms with van der Waals surface area (Å²) < 4.78 is 37.3. The molecule has 0 saturated carbocycles. The maximum atomic E-state index is 12.4.